The molecule has 0 atom stereocenters. The third-order valence-electron chi connectivity index (χ3n) is 21.1. The van der Waals surface area contributed by atoms with E-state index in [4.69, 9.17) is 38.7 Å². The zero-order valence-corrected chi connectivity index (χ0v) is 57.7. The number of para-hydroxylation sites is 2. The van der Waals surface area contributed by atoms with Crippen molar-refractivity contribution >= 4 is 71.9 Å². The molecule has 4 heterocycles. The molecule has 20 rings (SSSR count). The first-order valence-corrected chi connectivity index (χ1v) is 36.2. The number of hydrogen-bond acceptors (Lipinski definition) is 8. The molecule has 0 radical (unpaired) electrons. The minimum absolute atomic E-state index is 0.580. The third-order valence-corrected chi connectivity index (χ3v) is 21.1. The van der Waals surface area contributed by atoms with Gasteiger partial charge in [0.25, 0.3) is 0 Å². The van der Waals surface area contributed by atoms with Crippen LogP contribution in [0.2, 0.25) is 0 Å². The Morgan fingerprint density at radius 3 is 1.37 bits per heavy atom. The Hall–Kier alpha value is -13.8. The van der Waals surface area contributed by atoms with Crippen molar-refractivity contribution in [2.75, 3.05) is 0 Å². The summed E-state index contributed by atoms with van der Waals surface area (Å²) in [6.07, 6.45) is 12.8. The number of hydrogen-bond donors (Lipinski definition) is 0. The minimum atomic E-state index is 0.580. The van der Waals surface area contributed by atoms with Crippen LogP contribution in [0, 0.1) is 0 Å². The fourth-order valence-electron chi connectivity index (χ4n) is 15.5. The Labute approximate surface area is 612 Å². The fourth-order valence-corrected chi connectivity index (χ4v) is 15.5. The summed E-state index contributed by atoms with van der Waals surface area (Å²) in [6, 6.07) is 111. The van der Waals surface area contributed by atoms with E-state index in [1.807, 2.05) is 36.4 Å². The summed E-state index contributed by atoms with van der Waals surface area (Å²) in [5.41, 5.74) is 27.2. The van der Waals surface area contributed by atoms with Gasteiger partial charge in [0.2, 0.25) is 0 Å². The van der Waals surface area contributed by atoms with Crippen LogP contribution in [-0.4, -0.2) is 29.9 Å². The molecule has 2 aliphatic carbocycles. The number of benzene rings is 14. The predicted octanol–water partition coefficient (Wildman–Crippen LogP) is 25.6. The van der Waals surface area contributed by atoms with E-state index in [0.29, 0.717) is 34.9 Å². The Morgan fingerprint density at radius 2 is 0.698 bits per heavy atom. The Morgan fingerprint density at radius 1 is 0.245 bits per heavy atom. The number of aryl methyl sites for hydroxylation is 1. The lowest BCUT2D eigenvalue weighted by atomic mass is 9.88. The van der Waals surface area contributed by atoms with Gasteiger partial charge in [-0.05, 0) is 151 Å². The molecule has 8 heteroatoms. The van der Waals surface area contributed by atoms with Crippen LogP contribution < -0.4 is 0 Å². The van der Waals surface area contributed by atoms with Gasteiger partial charge in [-0.25, -0.2) is 29.9 Å². The zero-order valence-electron chi connectivity index (χ0n) is 57.7. The van der Waals surface area contributed by atoms with Gasteiger partial charge in [-0.15, -0.1) is 0 Å². The van der Waals surface area contributed by atoms with E-state index in [0.717, 1.165) is 164 Å². The van der Waals surface area contributed by atoms with Gasteiger partial charge in [0.05, 0.1) is 0 Å². The van der Waals surface area contributed by atoms with Gasteiger partial charge >= 0.3 is 0 Å². The smallest absolute Gasteiger partial charge is 0.164 e. The summed E-state index contributed by atoms with van der Waals surface area (Å²) >= 11 is 0. The number of aromatic nitrogens is 6. The number of fused-ring (bicyclic) bond motifs is 8. The molecule has 0 saturated heterocycles. The molecule has 0 bridgehead atoms. The molecule has 0 N–H and O–H groups in total. The Kier molecular flexibility index (Phi) is 15.3. The molecule has 18 aromatic rings. The van der Waals surface area contributed by atoms with Crippen LogP contribution in [0.4, 0.5) is 0 Å². The molecule has 0 aliphatic heterocycles. The summed E-state index contributed by atoms with van der Waals surface area (Å²) in [6.45, 7) is 0. The highest BCUT2D eigenvalue weighted by Gasteiger charge is 2.25. The van der Waals surface area contributed by atoms with Gasteiger partial charge in [-0.2, -0.15) is 0 Å². The maximum Gasteiger partial charge on any atom is 0.164 e. The monoisotopic (exact) mass is 1360 g/mol. The van der Waals surface area contributed by atoms with Gasteiger partial charge in [0.1, 0.15) is 22.3 Å². The lowest BCUT2D eigenvalue weighted by Gasteiger charge is -2.17. The van der Waals surface area contributed by atoms with Crippen LogP contribution >= 0.6 is 0 Å². The average Bonchev–Trinajstić information content (AvgIpc) is 1.55. The maximum absolute atomic E-state index is 6.90. The quantitative estimate of drug-likeness (QED) is 0.112. The van der Waals surface area contributed by atoms with E-state index < -0.39 is 0 Å². The lowest BCUT2D eigenvalue weighted by molar-refractivity contribution is 0.667. The normalized spacial score (nSPS) is 12.8. The van der Waals surface area contributed by atoms with Crippen LogP contribution in [0.3, 0.4) is 0 Å². The van der Waals surface area contributed by atoms with Crippen LogP contribution in [0.1, 0.15) is 41.5 Å². The molecule has 498 valence electrons. The zero-order chi connectivity index (χ0) is 70.0. The van der Waals surface area contributed by atoms with Crippen molar-refractivity contribution in [3.05, 3.63) is 356 Å². The van der Waals surface area contributed by atoms with Crippen molar-refractivity contribution in [2.24, 2.45) is 0 Å². The summed E-state index contributed by atoms with van der Waals surface area (Å²) in [5.74, 6) is 3.58. The molecule has 0 amide bonds. The SMILES string of the molecule is C1=Cc2cc(-c3nc(-c4ccc(-c5cccc(-c6ccc(C7=CC=C(c8ccc(-c9nc(-c%10ccc(-c%11ccccc%11)cc%10)nc(-c%10ccc%11ccccc%11c%10)n9)c9c8oc8ccccc89)CC7)cc6)c5)cc4)nc(-c4cccc5oc6c(-c7ccc(-c8ccccc8)cc7)cccc6c45)n3)ccc2CC1. The minimum Gasteiger partial charge on any atom is -0.455 e. The Balaban J connectivity index is 0.589. The van der Waals surface area contributed by atoms with Crippen molar-refractivity contribution in [2.45, 2.75) is 25.7 Å². The van der Waals surface area contributed by atoms with Gasteiger partial charge in [0.15, 0.2) is 34.9 Å². The lowest BCUT2D eigenvalue weighted by Crippen LogP contribution is -2.01. The van der Waals surface area contributed by atoms with E-state index in [2.05, 4.69) is 303 Å². The summed E-state index contributed by atoms with van der Waals surface area (Å²) < 4.78 is 13.7. The van der Waals surface area contributed by atoms with Gasteiger partial charge in [-0.3, -0.25) is 0 Å². The molecular weight excluding hydrogens is 1290 g/mol. The topological polar surface area (TPSA) is 104 Å². The van der Waals surface area contributed by atoms with Gasteiger partial charge < -0.3 is 8.83 Å². The molecule has 0 saturated carbocycles. The molecular formula is C98H64N6O2. The van der Waals surface area contributed by atoms with E-state index in [1.54, 1.807) is 0 Å². The van der Waals surface area contributed by atoms with Crippen molar-refractivity contribution < 1.29 is 8.83 Å². The second-order valence-electron chi connectivity index (χ2n) is 27.5. The highest BCUT2D eigenvalue weighted by molar-refractivity contribution is 6.16. The van der Waals surface area contributed by atoms with E-state index in [-0.39, 0.29) is 0 Å². The molecule has 4 aromatic heterocycles. The standard InChI is InChI=1S/C98H64N6O2/c1-3-16-61(17-4-1)65-36-46-71(47-37-65)81-27-14-28-84-89-85(29-15-31-88(89)106-91(81)84)97-101-93(99-95(103-97)79-54-44-63-20-7-9-22-75(63)59-79)74-52-42-70(43-53-74)78-25-13-24-77(58-78)69-34-32-67(33-35-69)68-38-48-72(49-39-68)82-56-57-86(90-83-26-11-12-30-87(83)105-92(82)90)98-102-94(73-50-40-66(41-51-73)62-18-5-2-6-19-62)100-96(104-98)80-55-45-64-21-8-10-23-76(64)60-80/h1-6,8-19,21-38,40-48,50-60H,7,20,39,49H2. The second kappa shape index (κ2) is 26.2. The fraction of sp³-hybridized carbons (Fsp3) is 0.0408. The van der Waals surface area contributed by atoms with Crippen LogP contribution in [0.5, 0.6) is 0 Å². The molecule has 2 aliphatic rings. The molecule has 0 fully saturated rings. The first-order chi connectivity index (χ1) is 52.5. The van der Waals surface area contributed by atoms with Crippen LogP contribution in [0.15, 0.2) is 343 Å². The highest BCUT2D eigenvalue weighted by Crippen LogP contribution is 2.45. The van der Waals surface area contributed by atoms with Crippen molar-refractivity contribution in [1.82, 2.24) is 29.9 Å². The van der Waals surface area contributed by atoms with E-state index in [1.165, 1.54) is 39.0 Å². The van der Waals surface area contributed by atoms with E-state index >= 15 is 0 Å². The third kappa shape index (κ3) is 11.5. The summed E-state index contributed by atoms with van der Waals surface area (Å²) in [4.78, 5) is 31.7. The second-order valence-corrected chi connectivity index (χ2v) is 27.5. The molecule has 14 aromatic carbocycles. The first-order valence-electron chi connectivity index (χ1n) is 36.2. The maximum atomic E-state index is 6.90. The first kappa shape index (κ1) is 62.0. The average molecular weight is 1360 g/mol. The number of nitrogens with zero attached hydrogens (tertiary/aromatic N) is 6. The van der Waals surface area contributed by atoms with Gasteiger partial charge in [-0.1, -0.05) is 303 Å². The van der Waals surface area contributed by atoms with Crippen molar-refractivity contribution in [1.29, 1.82) is 0 Å². The summed E-state index contributed by atoms with van der Waals surface area (Å²) in [7, 11) is 0. The van der Waals surface area contributed by atoms with Crippen LogP contribution in [-0.2, 0) is 6.42 Å². The van der Waals surface area contributed by atoms with Gasteiger partial charge in [0, 0.05) is 66.1 Å². The summed E-state index contributed by atoms with van der Waals surface area (Å²) in [5, 5.41) is 6.24. The van der Waals surface area contributed by atoms with Crippen LogP contribution in [0.25, 0.3) is 196 Å². The predicted molar refractivity (Wildman–Crippen MR) is 434 cm³/mol. The highest BCUT2D eigenvalue weighted by atomic mass is 16.3. The van der Waals surface area contributed by atoms with Crippen molar-refractivity contribution in [3.63, 3.8) is 0 Å². The Bertz CT molecular complexity index is 6590. The number of allylic oxidation sites excluding steroid dienone is 5. The largest absolute Gasteiger partial charge is 0.455 e. The van der Waals surface area contributed by atoms with Crippen molar-refractivity contribution in [3.8, 4) is 124 Å². The molecule has 106 heavy (non-hydrogen) atoms. The number of furan rings is 2. The number of rotatable bonds is 13. The molecule has 8 nitrogen and oxygen atoms in total. The molecule has 0 unspecified atom stereocenters. The van der Waals surface area contributed by atoms with E-state index in [9.17, 15) is 0 Å². The molecule has 0 spiro atoms.